The lowest BCUT2D eigenvalue weighted by molar-refractivity contribution is 0.181. The second-order valence-electron chi connectivity index (χ2n) is 6.65. The van der Waals surface area contributed by atoms with E-state index in [2.05, 4.69) is 24.9 Å². The molecule has 2 bridgehead atoms. The highest BCUT2D eigenvalue weighted by atomic mass is 16.3. The minimum absolute atomic E-state index is 0.373. The van der Waals surface area contributed by atoms with Gasteiger partial charge in [-0.3, -0.25) is 4.90 Å². The Balaban J connectivity index is 1.62. The molecule has 1 N–H and O–H groups in total. The van der Waals surface area contributed by atoms with Crippen LogP contribution in [0.25, 0.3) is 0 Å². The number of hydrogen-bond acceptors (Lipinski definition) is 2. The molecular weight excluding hydrogens is 234 g/mol. The predicted molar refractivity (Wildman–Crippen MR) is 78.1 cm³/mol. The summed E-state index contributed by atoms with van der Waals surface area (Å²) in [7, 11) is 2.22. The van der Waals surface area contributed by atoms with E-state index in [1.807, 2.05) is 12.1 Å². The normalized spacial score (nSPS) is 31.0. The van der Waals surface area contributed by atoms with E-state index in [0.29, 0.717) is 11.8 Å². The lowest BCUT2D eigenvalue weighted by Gasteiger charge is -2.31. The Morgan fingerprint density at radius 3 is 2.79 bits per heavy atom. The van der Waals surface area contributed by atoms with Crippen LogP contribution in [0, 0.1) is 17.8 Å². The molecular formula is C17H25NO. The Kier molecular flexibility index (Phi) is 3.53. The van der Waals surface area contributed by atoms with Crippen molar-refractivity contribution in [2.24, 2.45) is 17.8 Å². The maximum atomic E-state index is 9.60. The molecule has 1 aromatic carbocycles. The maximum absolute atomic E-state index is 9.60. The van der Waals surface area contributed by atoms with Crippen LogP contribution in [0.4, 0.5) is 0 Å². The third-order valence-corrected chi connectivity index (χ3v) is 5.42. The monoisotopic (exact) mass is 259 g/mol. The molecule has 2 nitrogen and oxygen atoms in total. The first-order chi connectivity index (χ1) is 9.13. The van der Waals surface area contributed by atoms with Crippen LogP contribution in [0.1, 0.15) is 44.2 Å². The second kappa shape index (κ2) is 5.16. The maximum Gasteiger partial charge on any atom is 0.115 e. The number of rotatable bonds is 4. The van der Waals surface area contributed by atoms with Gasteiger partial charge in [0.1, 0.15) is 5.75 Å². The van der Waals surface area contributed by atoms with Crippen LogP contribution >= 0.6 is 0 Å². The molecule has 19 heavy (non-hydrogen) atoms. The lowest BCUT2D eigenvalue weighted by Crippen LogP contribution is -2.30. The summed E-state index contributed by atoms with van der Waals surface area (Å²) < 4.78 is 0. The van der Waals surface area contributed by atoms with E-state index in [-0.39, 0.29) is 0 Å². The van der Waals surface area contributed by atoms with Crippen molar-refractivity contribution in [3.05, 3.63) is 29.8 Å². The molecule has 2 fully saturated rings. The van der Waals surface area contributed by atoms with E-state index >= 15 is 0 Å². The van der Waals surface area contributed by atoms with Gasteiger partial charge in [0.05, 0.1) is 0 Å². The zero-order valence-electron chi connectivity index (χ0n) is 12.0. The average molecular weight is 259 g/mol. The molecule has 4 unspecified atom stereocenters. The van der Waals surface area contributed by atoms with Crippen molar-refractivity contribution < 1.29 is 5.11 Å². The topological polar surface area (TPSA) is 23.5 Å². The summed E-state index contributed by atoms with van der Waals surface area (Å²) in [6.07, 6.45) is 5.87. The number of nitrogens with zero attached hydrogens (tertiary/aromatic N) is 1. The fraction of sp³-hybridized carbons (Fsp3) is 0.647. The van der Waals surface area contributed by atoms with Crippen LogP contribution in [0.15, 0.2) is 24.3 Å². The Labute approximate surface area is 116 Å². The van der Waals surface area contributed by atoms with Gasteiger partial charge in [0.25, 0.3) is 0 Å². The van der Waals surface area contributed by atoms with Crippen LogP contribution in [0.5, 0.6) is 5.75 Å². The van der Waals surface area contributed by atoms with Crippen molar-refractivity contribution in [3.8, 4) is 5.75 Å². The van der Waals surface area contributed by atoms with Gasteiger partial charge >= 0.3 is 0 Å². The summed E-state index contributed by atoms with van der Waals surface area (Å²) in [5, 5.41) is 9.60. The number of benzene rings is 1. The minimum Gasteiger partial charge on any atom is -0.508 e. The predicted octanol–water partition coefficient (Wildman–Crippen LogP) is 3.82. The van der Waals surface area contributed by atoms with Crippen LogP contribution in [-0.4, -0.2) is 23.6 Å². The van der Waals surface area contributed by atoms with Crippen molar-refractivity contribution in [1.29, 1.82) is 0 Å². The third kappa shape index (κ3) is 2.64. The van der Waals surface area contributed by atoms with Gasteiger partial charge in [-0.05, 0) is 68.7 Å². The number of fused-ring (bicyclic) bond motifs is 2. The highest BCUT2D eigenvalue weighted by Crippen LogP contribution is 2.48. The number of hydrogen-bond donors (Lipinski definition) is 1. The van der Waals surface area contributed by atoms with E-state index in [1.54, 1.807) is 6.07 Å². The number of phenolic OH excluding ortho intramolecular Hbond substituents is 1. The summed E-state index contributed by atoms with van der Waals surface area (Å²) in [5.74, 6) is 3.30. The van der Waals surface area contributed by atoms with Crippen LogP contribution in [-0.2, 0) is 0 Å². The molecule has 2 aliphatic rings. The largest absolute Gasteiger partial charge is 0.508 e. The van der Waals surface area contributed by atoms with Gasteiger partial charge in [0.2, 0.25) is 0 Å². The average Bonchev–Trinajstić information content (AvgIpc) is 3.00. The third-order valence-electron chi connectivity index (χ3n) is 5.42. The van der Waals surface area contributed by atoms with E-state index in [9.17, 15) is 5.11 Å². The molecule has 2 saturated carbocycles. The molecule has 0 heterocycles. The first-order valence-electron chi connectivity index (χ1n) is 7.62. The summed E-state index contributed by atoms with van der Waals surface area (Å²) in [6, 6.07) is 8.06. The van der Waals surface area contributed by atoms with Gasteiger partial charge in [-0.1, -0.05) is 18.6 Å². The molecule has 3 rings (SSSR count). The minimum atomic E-state index is 0.373. The summed E-state index contributed by atoms with van der Waals surface area (Å²) in [5.41, 5.74) is 1.21. The fourth-order valence-electron chi connectivity index (χ4n) is 4.17. The molecule has 0 aromatic heterocycles. The van der Waals surface area contributed by atoms with Gasteiger partial charge in [0.15, 0.2) is 0 Å². The molecule has 0 radical (unpaired) electrons. The first-order valence-corrected chi connectivity index (χ1v) is 7.62. The Morgan fingerprint density at radius 1 is 1.32 bits per heavy atom. The standard InChI is InChI=1S/C17H25NO/c1-12(14-4-3-5-17(19)10-14)18(2)11-16-9-13-6-7-15(16)8-13/h3-5,10,12-13,15-16,19H,6-9,11H2,1-2H3. The molecule has 0 amide bonds. The molecule has 2 heteroatoms. The van der Waals surface area contributed by atoms with Gasteiger partial charge in [-0.25, -0.2) is 0 Å². The smallest absolute Gasteiger partial charge is 0.115 e. The van der Waals surface area contributed by atoms with Gasteiger partial charge < -0.3 is 5.11 Å². The Hall–Kier alpha value is -1.02. The van der Waals surface area contributed by atoms with Crippen molar-refractivity contribution in [1.82, 2.24) is 4.90 Å². The zero-order valence-corrected chi connectivity index (χ0v) is 12.0. The zero-order chi connectivity index (χ0) is 13.4. The van der Waals surface area contributed by atoms with E-state index < -0.39 is 0 Å². The second-order valence-corrected chi connectivity index (χ2v) is 6.65. The number of aromatic hydroxyl groups is 1. The number of phenols is 1. The van der Waals surface area contributed by atoms with Crippen LogP contribution < -0.4 is 0 Å². The van der Waals surface area contributed by atoms with Crippen molar-refractivity contribution >= 4 is 0 Å². The molecule has 104 valence electrons. The molecule has 1 aromatic rings. The van der Waals surface area contributed by atoms with E-state index in [1.165, 1.54) is 37.8 Å². The first kappa shape index (κ1) is 13.0. The molecule has 2 aliphatic carbocycles. The molecule has 0 aliphatic heterocycles. The van der Waals surface area contributed by atoms with Crippen LogP contribution in [0.2, 0.25) is 0 Å². The summed E-state index contributed by atoms with van der Waals surface area (Å²) >= 11 is 0. The molecule has 0 spiro atoms. The van der Waals surface area contributed by atoms with Crippen molar-refractivity contribution in [2.45, 2.75) is 38.6 Å². The van der Waals surface area contributed by atoms with Crippen LogP contribution in [0.3, 0.4) is 0 Å². The fourth-order valence-corrected chi connectivity index (χ4v) is 4.17. The highest BCUT2D eigenvalue weighted by molar-refractivity contribution is 5.29. The summed E-state index contributed by atoms with van der Waals surface area (Å²) in [4.78, 5) is 2.46. The Bertz CT molecular complexity index is 445. The van der Waals surface area contributed by atoms with Gasteiger partial charge in [-0.2, -0.15) is 0 Å². The highest BCUT2D eigenvalue weighted by Gasteiger charge is 2.39. The Morgan fingerprint density at radius 2 is 2.16 bits per heavy atom. The SMILES string of the molecule is CC(c1cccc(O)c1)N(C)CC1CC2CCC1C2. The van der Waals surface area contributed by atoms with E-state index in [4.69, 9.17) is 0 Å². The van der Waals surface area contributed by atoms with Gasteiger partial charge in [0, 0.05) is 12.6 Å². The summed E-state index contributed by atoms with van der Waals surface area (Å²) in [6.45, 7) is 3.44. The quantitative estimate of drug-likeness (QED) is 0.888. The van der Waals surface area contributed by atoms with Crippen molar-refractivity contribution in [2.75, 3.05) is 13.6 Å². The molecule has 4 atom stereocenters. The van der Waals surface area contributed by atoms with E-state index in [0.717, 1.165) is 17.8 Å². The molecule has 0 saturated heterocycles. The lowest BCUT2D eigenvalue weighted by atomic mass is 9.88. The van der Waals surface area contributed by atoms with Gasteiger partial charge in [-0.15, -0.1) is 0 Å². The van der Waals surface area contributed by atoms with Crippen molar-refractivity contribution in [3.63, 3.8) is 0 Å².